The molecule has 0 heterocycles. The van der Waals surface area contributed by atoms with Gasteiger partial charge in [0, 0.05) is 11.4 Å². The van der Waals surface area contributed by atoms with Gasteiger partial charge in [0.25, 0.3) is 0 Å². The standard InChI is InChI=1S/C15H21NO4S/c1-11(2)20-7-6-14(17)16-13-5-3-4-12(8-13)9-21-10-15(18)19/h3-5,8,11H,6-7,9-10H2,1-2H3,(H,16,17)(H,18,19). The van der Waals surface area contributed by atoms with Gasteiger partial charge in [-0.05, 0) is 31.5 Å². The van der Waals surface area contributed by atoms with E-state index in [1.807, 2.05) is 38.1 Å². The number of hydrogen-bond acceptors (Lipinski definition) is 4. The minimum Gasteiger partial charge on any atom is -0.481 e. The largest absolute Gasteiger partial charge is 0.481 e. The number of amides is 1. The van der Waals surface area contributed by atoms with E-state index >= 15 is 0 Å². The second-order valence-corrected chi connectivity index (χ2v) is 5.79. The van der Waals surface area contributed by atoms with Gasteiger partial charge in [-0.3, -0.25) is 9.59 Å². The summed E-state index contributed by atoms with van der Waals surface area (Å²) in [6.07, 6.45) is 0.434. The Balaban J connectivity index is 2.41. The molecule has 0 aliphatic carbocycles. The average molecular weight is 311 g/mol. The number of carbonyl (C=O) groups is 2. The summed E-state index contributed by atoms with van der Waals surface area (Å²) in [5, 5.41) is 11.4. The van der Waals surface area contributed by atoms with Crippen molar-refractivity contribution in [2.24, 2.45) is 0 Å². The normalized spacial score (nSPS) is 10.6. The molecule has 0 atom stereocenters. The van der Waals surface area contributed by atoms with Gasteiger partial charge in [-0.15, -0.1) is 11.8 Å². The minimum absolute atomic E-state index is 0.0725. The van der Waals surface area contributed by atoms with Crippen LogP contribution in [0.15, 0.2) is 24.3 Å². The molecule has 0 spiro atoms. The summed E-state index contributed by atoms with van der Waals surface area (Å²) < 4.78 is 5.33. The summed E-state index contributed by atoms with van der Waals surface area (Å²) in [6, 6.07) is 7.42. The molecule has 0 unspecified atom stereocenters. The first-order valence-corrected chi connectivity index (χ1v) is 7.93. The molecule has 21 heavy (non-hydrogen) atoms. The molecule has 1 aromatic carbocycles. The monoisotopic (exact) mass is 311 g/mol. The van der Waals surface area contributed by atoms with E-state index in [2.05, 4.69) is 5.32 Å². The van der Waals surface area contributed by atoms with Gasteiger partial charge < -0.3 is 15.2 Å². The van der Waals surface area contributed by atoms with Crippen LogP contribution >= 0.6 is 11.8 Å². The second kappa shape index (κ2) is 9.41. The zero-order valence-electron chi connectivity index (χ0n) is 12.3. The molecule has 5 nitrogen and oxygen atoms in total. The maximum absolute atomic E-state index is 11.7. The number of carboxylic acids is 1. The topological polar surface area (TPSA) is 75.6 Å². The lowest BCUT2D eigenvalue weighted by atomic mass is 10.2. The lowest BCUT2D eigenvalue weighted by molar-refractivity contribution is -0.133. The molecular weight excluding hydrogens is 290 g/mol. The van der Waals surface area contributed by atoms with Crippen molar-refractivity contribution in [1.29, 1.82) is 0 Å². The molecule has 0 aliphatic heterocycles. The van der Waals surface area contributed by atoms with Crippen LogP contribution in [0.5, 0.6) is 0 Å². The van der Waals surface area contributed by atoms with E-state index in [1.165, 1.54) is 11.8 Å². The maximum Gasteiger partial charge on any atom is 0.313 e. The number of nitrogens with one attached hydrogen (secondary N) is 1. The second-order valence-electron chi connectivity index (χ2n) is 4.80. The third-order valence-corrected chi connectivity index (χ3v) is 3.47. The number of aliphatic carboxylic acids is 1. The van der Waals surface area contributed by atoms with Crippen molar-refractivity contribution in [2.75, 3.05) is 17.7 Å². The maximum atomic E-state index is 11.7. The molecule has 0 bridgehead atoms. The van der Waals surface area contributed by atoms with Crippen molar-refractivity contribution in [3.8, 4) is 0 Å². The Hall–Kier alpha value is -1.53. The summed E-state index contributed by atoms with van der Waals surface area (Å²) in [7, 11) is 0. The van der Waals surface area contributed by atoms with Gasteiger partial charge >= 0.3 is 5.97 Å². The van der Waals surface area contributed by atoms with Gasteiger partial charge in [0.1, 0.15) is 0 Å². The van der Waals surface area contributed by atoms with Gasteiger partial charge in [-0.1, -0.05) is 12.1 Å². The van der Waals surface area contributed by atoms with Gasteiger partial charge in [0.15, 0.2) is 0 Å². The number of anilines is 1. The van der Waals surface area contributed by atoms with Crippen LogP contribution in [-0.2, 0) is 20.1 Å². The van der Waals surface area contributed by atoms with Gasteiger partial charge in [0.2, 0.25) is 5.91 Å². The molecular formula is C15H21NO4S. The van der Waals surface area contributed by atoms with Crippen LogP contribution in [0.3, 0.4) is 0 Å². The Morgan fingerprint density at radius 2 is 2.14 bits per heavy atom. The Bertz CT molecular complexity index is 476. The zero-order valence-corrected chi connectivity index (χ0v) is 13.1. The Labute approximate surface area is 129 Å². The SMILES string of the molecule is CC(C)OCCC(=O)Nc1cccc(CSCC(=O)O)c1. The van der Waals surface area contributed by atoms with Crippen LogP contribution in [0.2, 0.25) is 0 Å². The lowest BCUT2D eigenvalue weighted by Crippen LogP contribution is -2.15. The highest BCUT2D eigenvalue weighted by Gasteiger charge is 2.05. The van der Waals surface area contributed by atoms with Crippen LogP contribution in [0, 0.1) is 0 Å². The molecule has 2 N–H and O–H groups in total. The first kappa shape index (κ1) is 17.5. The predicted octanol–water partition coefficient (Wildman–Crippen LogP) is 2.76. The Morgan fingerprint density at radius 3 is 2.81 bits per heavy atom. The van der Waals surface area contributed by atoms with Crippen LogP contribution in [-0.4, -0.2) is 35.4 Å². The van der Waals surface area contributed by atoms with E-state index in [9.17, 15) is 9.59 Å². The smallest absolute Gasteiger partial charge is 0.313 e. The first-order valence-electron chi connectivity index (χ1n) is 6.77. The highest BCUT2D eigenvalue weighted by atomic mass is 32.2. The van der Waals surface area contributed by atoms with Gasteiger partial charge in [-0.25, -0.2) is 0 Å². The fourth-order valence-electron chi connectivity index (χ4n) is 1.61. The summed E-state index contributed by atoms with van der Waals surface area (Å²) in [4.78, 5) is 22.2. The van der Waals surface area contributed by atoms with Crippen LogP contribution in [0.4, 0.5) is 5.69 Å². The van der Waals surface area contributed by atoms with Crippen molar-refractivity contribution in [1.82, 2.24) is 0 Å². The highest BCUT2D eigenvalue weighted by Crippen LogP contribution is 2.16. The fourth-order valence-corrected chi connectivity index (χ4v) is 2.30. The zero-order chi connectivity index (χ0) is 15.7. The Kier molecular flexibility index (Phi) is 7.85. The van der Waals surface area contributed by atoms with Crippen LogP contribution in [0.1, 0.15) is 25.8 Å². The van der Waals surface area contributed by atoms with Gasteiger partial charge in [0.05, 0.1) is 24.9 Å². The summed E-state index contributed by atoms with van der Waals surface area (Å²) >= 11 is 1.33. The predicted molar refractivity (Wildman–Crippen MR) is 84.6 cm³/mol. The molecule has 0 saturated heterocycles. The molecule has 1 amide bonds. The molecule has 1 aromatic rings. The third-order valence-electron chi connectivity index (χ3n) is 2.49. The number of thioether (sulfide) groups is 1. The van der Waals surface area contributed by atoms with E-state index in [-0.39, 0.29) is 17.8 Å². The van der Waals surface area contributed by atoms with E-state index in [0.717, 1.165) is 11.3 Å². The Morgan fingerprint density at radius 1 is 1.38 bits per heavy atom. The quantitative estimate of drug-likeness (QED) is 0.733. The van der Waals surface area contributed by atoms with E-state index in [0.29, 0.717) is 18.8 Å². The van der Waals surface area contributed by atoms with Crippen molar-refractivity contribution in [2.45, 2.75) is 32.1 Å². The third kappa shape index (κ3) is 8.37. The number of hydrogen-bond donors (Lipinski definition) is 2. The number of carboxylic acid groups (broad SMARTS) is 1. The van der Waals surface area contributed by atoms with E-state index < -0.39 is 5.97 Å². The molecule has 116 valence electrons. The fraction of sp³-hybridized carbons (Fsp3) is 0.467. The molecule has 1 rings (SSSR count). The number of benzene rings is 1. The number of rotatable bonds is 9. The molecule has 0 aliphatic rings. The average Bonchev–Trinajstić information content (AvgIpc) is 2.38. The van der Waals surface area contributed by atoms with Crippen molar-refractivity contribution < 1.29 is 19.4 Å². The minimum atomic E-state index is -0.824. The van der Waals surface area contributed by atoms with Crippen molar-refractivity contribution in [3.63, 3.8) is 0 Å². The van der Waals surface area contributed by atoms with E-state index in [1.54, 1.807) is 0 Å². The van der Waals surface area contributed by atoms with Crippen molar-refractivity contribution >= 4 is 29.3 Å². The van der Waals surface area contributed by atoms with Crippen molar-refractivity contribution in [3.05, 3.63) is 29.8 Å². The molecule has 0 fully saturated rings. The highest BCUT2D eigenvalue weighted by molar-refractivity contribution is 7.99. The lowest BCUT2D eigenvalue weighted by Gasteiger charge is -2.09. The summed E-state index contributed by atoms with van der Waals surface area (Å²) in [5.41, 5.74) is 1.70. The van der Waals surface area contributed by atoms with Gasteiger partial charge in [-0.2, -0.15) is 0 Å². The van der Waals surface area contributed by atoms with Crippen LogP contribution in [0.25, 0.3) is 0 Å². The number of carbonyl (C=O) groups excluding carboxylic acids is 1. The first-order chi connectivity index (χ1) is 9.97. The van der Waals surface area contributed by atoms with E-state index in [4.69, 9.17) is 9.84 Å². The number of ether oxygens (including phenoxy) is 1. The molecule has 0 aromatic heterocycles. The summed E-state index contributed by atoms with van der Waals surface area (Å²) in [6.45, 7) is 4.25. The molecule has 0 radical (unpaired) electrons. The summed E-state index contributed by atoms with van der Waals surface area (Å²) in [5.74, 6) is -0.240. The molecule has 0 saturated carbocycles. The molecule has 6 heteroatoms. The van der Waals surface area contributed by atoms with Crippen LogP contribution < -0.4 is 5.32 Å².